The SMILES string of the molecule is CC(CCN)CCC(=O)NC(C)C1CCCC1. The van der Waals surface area contributed by atoms with E-state index in [2.05, 4.69) is 19.2 Å². The lowest BCUT2D eigenvalue weighted by molar-refractivity contribution is -0.122. The van der Waals surface area contributed by atoms with Crippen LogP contribution in [0, 0.1) is 11.8 Å². The van der Waals surface area contributed by atoms with Crippen molar-refractivity contribution in [1.82, 2.24) is 5.32 Å². The van der Waals surface area contributed by atoms with E-state index in [1.54, 1.807) is 0 Å². The maximum absolute atomic E-state index is 11.8. The van der Waals surface area contributed by atoms with Gasteiger partial charge in [-0.3, -0.25) is 4.79 Å². The van der Waals surface area contributed by atoms with E-state index in [4.69, 9.17) is 5.73 Å². The molecule has 0 aromatic heterocycles. The van der Waals surface area contributed by atoms with Crippen LogP contribution < -0.4 is 11.1 Å². The molecular formula is C14H28N2O. The van der Waals surface area contributed by atoms with E-state index in [0.29, 0.717) is 24.3 Å². The van der Waals surface area contributed by atoms with Gasteiger partial charge in [0.2, 0.25) is 5.91 Å². The van der Waals surface area contributed by atoms with Crippen LogP contribution in [-0.4, -0.2) is 18.5 Å². The van der Waals surface area contributed by atoms with Crippen LogP contribution >= 0.6 is 0 Å². The smallest absolute Gasteiger partial charge is 0.220 e. The van der Waals surface area contributed by atoms with Gasteiger partial charge in [0.1, 0.15) is 0 Å². The van der Waals surface area contributed by atoms with Crippen LogP contribution in [0.25, 0.3) is 0 Å². The monoisotopic (exact) mass is 240 g/mol. The van der Waals surface area contributed by atoms with E-state index < -0.39 is 0 Å². The van der Waals surface area contributed by atoms with Gasteiger partial charge in [-0.25, -0.2) is 0 Å². The fourth-order valence-electron chi connectivity index (χ4n) is 2.71. The van der Waals surface area contributed by atoms with Crippen LogP contribution in [0.5, 0.6) is 0 Å². The fourth-order valence-corrected chi connectivity index (χ4v) is 2.71. The van der Waals surface area contributed by atoms with Gasteiger partial charge in [0.25, 0.3) is 0 Å². The lowest BCUT2D eigenvalue weighted by Crippen LogP contribution is -2.37. The summed E-state index contributed by atoms with van der Waals surface area (Å²) in [6, 6.07) is 0.356. The molecule has 2 atom stereocenters. The minimum atomic E-state index is 0.216. The molecule has 1 saturated carbocycles. The van der Waals surface area contributed by atoms with Gasteiger partial charge in [-0.15, -0.1) is 0 Å². The standard InChI is InChI=1S/C14H28N2O/c1-11(9-10-15)7-8-14(17)16-12(2)13-5-3-4-6-13/h11-13H,3-10,15H2,1-2H3,(H,16,17). The summed E-state index contributed by atoms with van der Waals surface area (Å²) in [5.41, 5.74) is 5.50. The van der Waals surface area contributed by atoms with Gasteiger partial charge in [-0.1, -0.05) is 19.8 Å². The average Bonchev–Trinajstić information content (AvgIpc) is 2.80. The predicted molar refractivity (Wildman–Crippen MR) is 71.6 cm³/mol. The van der Waals surface area contributed by atoms with Gasteiger partial charge in [-0.2, -0.15) is 0 Å². The molecule has 1 aliphatic carbocycles. The number of carbonyl (C=O) groups is 1. The molecule has 0 radical (unpaired) electrons. The van der Waals surface area contributed by atoms with Crippen molar-refractivity contribution in [3.63, 3.8) is 0 Å². The molecule has 0 heterocycles. The Morgan fingerprint density at radius 1 is 1.29 bits per heavy atom. The molecule has 0 saturated heterocycles. The van der Waals surface area contributed by atoms with Crippen molar-refractivity contribution in [3.8, 4) is 0 Å². The number of hydrogen-bond acceptors (Lipinski definition) is 2. The second kappa shape index (κ2) is 7.70. The highest BCUT2D eigenvalue weighted by molar-refractivity contribution is 5.76. The Labute approximate surface area is 106 Å². The molecule has 3 N–H and O–H groups in total. The van der Waals surface area contributed by atoms with Crippen molar-refractivity contribution < 1.29 is 4.79 Å². The van der Waals surface area contributed by atoms with E-state index in [-0.39, 0.29) is 5.91 Å². The van der Waals surface area contributed by atoms with Crippen LogP contribution in [0.3, 0.4) is 0 Å². The van der Waals surface area contributed by atoms with E-state index in [9.17, 15) is 4.79 Å². The second-order valence-corrected chi connectivity index (χ2v) is 5.62. The third-order valence-corrected chi connectivity index (χ3v) is 4.02. The Kier molecular flexibility index (Phi) is 6.56. The first-order valence-corrected chi connectivity index (χ1v) is 7.13. The lowest BCUT2D eigenvalue weighted by Gasteiger charge is -2.20. The summed E-state index contributed by atoms with van der Waals surface area (Å²) in [5, 5.41) is 3.15. The molecular weight excluding hydrogens is 212 g/mol. The molecule has 1 amide bonds. The molecule has 1 rings (SSSR count). The minimum absolute atomic E-state index is 0.216. The molecule has 2 unspecified atom stereocenters. The van der Waals surface area contributed by atoms with Gasteiger partial charge in [0.15, 0.2) is 0 Å². The number of carbonyl (C=O) groups excluding carboxylic acids is 1. The van der Waals surface area contributed by atoms with Crippen molar-refractivity contribution in [2.24, 2.45) is 17.6 Å². The molecule has 0 aromatic carbocycles. The molecule has 0 bridgehead atoms. The molecule has 0 spiro atoms. The highest BCUT2D eigenvalue weighted by Crippen LogP contribution is 2.27. The molecule has 100 valence electrons. The Morgan fingerprint density at radius 3 is 2.53 bits per heavy atom. The highest BCUT2D eigenvalue weighted by Gasteiger charge is 2.22. The Balaban J connectivity index is 2.15. The zero-order valence-corrected chi connectivity index (χ0v) is 11.4. The van der Waals surface area contributed by atoms with Gasteiger partial charge in [0, 0.05) is 12.5 Å². The average molecular weight is 240 g/mol. The van der Waals surface area contributed by atoms with Gasteiger partial charge in [-0.05, 0) is 51.0 Å². The van der Waals surface area contributed by atoms with Crippen LogP contribution in [0.4, 0.5) is 0 Å². The zero-order chi connectivity index (χ0) is 12.7. The largest absolute Gasteiger partial charge is 0.353 e. The summed E-state index contributed by atoms with van der Waals surface area (Å²) in [7, 11) is 0. The predicted octanol–water partition coefficient (Wildman–Crippen LogP) is 2.45. The number of nitrogens with one attached hydrogen (secondary N) is 1. The number of rotatable bonds is 7. The van der Waals surface area contributed by atoms with E-state index in [1.807, 2.05) is 0 Å². The number of nitrogens with two attached hydrogens (primary N) is 1. The van der Waals surface area contributed by atoms with Crippen molar-refractivity contribution in [2.75, 3.05) is 6.54 Å². The first-order chi connectivity index (χ1) is 8.13. The third-order valence-electron chi connectivity index (χ3n) is 4.02. The quantitative estimate of drug-likeness (QED) is 0.718. The second-order valence-electron chi connectivity index (χ2n) is 5.62. The lowest BCUT2D eigenvalue weighted by atomic mass is 9.98. The number of amides is 1. The van der Waals surface area contributed by atoms with E-state index in [1.165, 1.54) is 25.7 Å². The summed E-state index contributed by atoms with van der Waals surface area (Å²) >= 11 is 0. The van der Waals surface area contributed by atoms with Crippen molar-refractivity contribution in [2.45, 2.75) is 64.8 Å². The summed E-state index contributed by atoms with van der Waals surface area (Å²) < 4.78 is 0. The normalized spacial score (nSPS) is 20.2. The maximum atomic E-state index is 11.8. The minimum Gasteiger partial charge on any atom is -0.353 e. The Bertz CT molecular complexity index is 224. The van der Waals surface area contributed by atoms with Gasteiger partial charge < -0.3 is 11.1 Å². The first-order valence-electron chi connectivity index (χ1n) is 7.13. The summed E-state index contributed by atoms with van der Waals surface area (Å²) in [4.78, 5) is 11.8. The molecule has 1 fully saturated rings. The fraction of sp³-hybridized carbons (Fsp3) is 0.929. The van der Waals surface area contributed by atoms with Crippen LogP contribution in [0.15, 0.2) is 0 Å². The molecule has 1 aliphatic rings. The summed E-state index contributed by atoms with van der Waals surface area (Å²) in [6.45, 7) is 5.04. The van der Waals surface area contributed by atoms with Crippen molar-refractivity contribution in [3.05, 3.63) is 0 Å². The Hall–Kier alpha value is -0.570. The first kappa shape index (κ1) is 14.5. The van der Waals surface area contributed by atoms with E-state index in [0.717, 1.165) is 19.4 Å². The molecule has 0 aromatic rings. The Morgan fingerprint density at radius 2 is 1.94 bits per heavy atom. The zero-order valence-electron chi connectivity index (χ0n) is 11.4. The molecule has 3 nitrogen and oxygen atoms in total. The van der Waals surface area contributed by atoms with Gasteiger partial charge >= 0.3 is 0 Å². The van der Waals surface area contributed by atoms with Crippen molar-refractivity contribution >= 4 is 5.91 Å². The van der Waals surface area contributed by atoms with Crippen LogP contribution in [0.1, 0.15) is 58.8 Å². The summed E-state index contributed by atoms with van der Waals surface area (Å²) in [5.74, 6) is 1.49. The molecule has 3 heteroatoms. The number of hydrogen-bond donors (Lipinski definition) is 2. The maximum Gasteiger partial charge on any atom is 0.220 e. The summed E-state index contributed by atoms with van der Waals surface area (Å²) in [6.07, 6.45) is 7.86. The molecule has 17 heavy (non-hydrogen) atoms. The highest BCUT2D eigenvalue weighted by atomic mass is 16.1. The van der Waals surface area contributed by atoms with Crippen LogP contribution in [0.2, 0.25) is 0 Å². The van der Waals surface area contributed by atoms with Gasteiger partial charge in [0.05, 0.1) is 0 Å². The third kappa shape index (κ3) is 5.53. The molecule has 0 aliphatic heterocycles. The van der Waals surface area contributed by atoms with Crippen molar-refractivity contribution in [1.29, 1.82) is 0 Å². The topological polar surface area (TPSA) is 55.1 Å². The van der Waals surface area contributed by atoms with E-state index >= 15 is 0 Å². The van der Waals surface area contributed by atoms with Crippen LogP contribution in [-0.2, 0) is 4.79 Å².